The van der Waals surface area contributed by atoms with Crippen molar-refractivity contribution in [2.75, 3.05) is 0 Å². The van der Waals surface area contributed by atoms with Crippen molar-refractivity contribution in [3.63, 3.8) is 0 Å². The third kappa shape index (κ3) is 2.04. The molecule has 90 valence electrons. The van der Waals surface area contributed by atoms with Gasteiger partial charge in [0.25, 0.3) is 0 Å². The molecule has 3 rings (SSSR count). The van der Waals surface area contributed by atoms with Gasteiger partial charge in [-0.1, -0.05) is 39.7 Å². The minimum atomic E-state index is -0.439. The molecule has 2 aromatic carbocycles. The molecule has 0 N–H and O–H groups in total. The fourth-order valence-electron chi connectivity index (χ4n) is 1.82. The molecule has 0 saturated carbocycles. The summed E-state index contributed by atoms with van der Waals surface area (Å²) in [6, 6.07) is 12.4. The van der Waals surface area contributed by atoms with E-state index in [1.165, 1.54) is 12.1 Å². The highest BCUT2D eigenvalue weighted by Crippen LogP contribution is 2.31. The summed E-state index contributed by atoms with van der Waals surface area (Å²) in [6.45, 7) is 0. The van der Waals surface area contributed by atoms with Crippen LogP contribution in [0, 0.1) is 5.82 Å². The number of halogens is 3. The van der Waals surface area contributed by atoms with Crippen LogP contribution in [0.1, 0.15) is 0 Å². The molecule has 0 saturated heterocycles. The monoisotopic (exact) mass is 324 g/mol. The van der Waals surface area contributed by atoms with E-state index in [-0.39, 0.29) is 5.02 Å². The van der Waals surface area contributed by atoms with Crippen molar-refractivity contribution in [2.45, 2.75) is 0 Å². The molecule has 0 fully saturated rings. The van der Waals surface area contributed by atoms with Crippen LogP contribution in [0.15, 0.2) is 51.4 Å². The highest BCUT2D eigenvalue weighted by molar-refractivity contribution is 9.10. The molecule has 1 aromatic heterocycles. The molecule has 1 nitrogen and oxygen atoms in total. The van der Waals surface area contributed by atoms with Crippen molar-refractivity contribution >= 4 is 38.5 Å². The van der Waals surface area contributed by atoms with Crippen LogP contribution >= 0.6 is 27.5 Å². The Kier molecular flexibility index (Phi) is 2.88. The molecule has 3 aromatic rings. The fraction of sp³-hybridized carbons (Fsp3) is 0. The zero-order valence-corrected chi connectivity index (χ0v) is 11.4. The molecular weight excluding hydrogens is 319 g/mol. The molecular formula is C14H7BrClFO. The Bertz CT molecular complexity index is 697. The molecule has 1 heterocycles. The van der Waals surface area contributed by atoms with E-state index >= 15 is 0 Å². The smallest absolute Gasteiger partial charge is 0.142 e. The van der Waals surface area contributed by atoms with E-state index in [4.69, 9.17) is 16.0 Å². The summed E-state index contributed by atoms with van der Waals surface area (Å²) in [5.41, 5.74) is 1.51. The normalized spacial score (nSPS) is 11.1. The molecule has 4 heteroatoms. The van der Waals surface area contributed by atoms with Crippen molar-refractivity contribution in [1.29, 1.82) is 0 Å². The molecule has 0 aliphatic rings. The number of benzene rings is 2. The van der Waals surface area contributed by atoms with Crippen LogP contribution in [0.5, 0.6) is 0 Å². The molecule has 18 heavy (non-hydrogen) atoms. The van der Waals surface area contributed by atoms with Gasteiger partial charge in [-0.25, -0.2) is 4.39 Å². The predicted molar refractivity (Wildman–Crippen MR) is 74.3 cm³/mol. The van der Waals surface area contributed by atoms with E-state index in [0.29, 0.717) is 16.7 Å². The number of rotatable bonds is 1. The third-order valence-corrected chi connectivity index (χ3v) is 3.45. The van der Waals surface area contributed by atoms with Crippen molar-refractivity contribution in [2.24, 2.45) is 0 Å². The Morgan fingerprint density at radius 2 is 1.94 bits per heavy atom. The lowest BCUT2D eigenvalue weighted by molar-refractivity contribution is 0.619. The highest BCUT2D eigenvalue weighted by Gasteiger charge is 2.09. The number of hydrogen-bond acceptors (Lipinski definition) is 1. The number of furan rings is 1. The second-order valence-corrected chi connectivity index (χ2v) is 5.25. The van der Waals surface area contributed by atoms with E-state index in [2.05, 4.69) is 15.9 Å². The fourth-order valence-corrected chi connectivity index (χ4v) is 2.37. The summed E-state index contributed by atoms with van der Waals surface area (Å²) in [4.78, 5) is 0. The van der Waals surface area contributed by atoms with E-state index < -0.39 is 5.82 Å². The van der Waals surface area contributed by atoms with E-state index in [0.717, 1.165) is 10.0 Å². The van der Waals surface area contributed by atoms with Crippen LogP contribution in [-0.4, -0.2) is 0 Å². The van der Waals surface area contributed by atoms with Crippen LogP contribution in [0.3, 0.4) is 0 Å². The second kappa shape index (κ2) is 4.41. The van der Waals surface area contributed by atoms with E-state index in [1.807, 2.05) is 24.3 Å². The maximum absolute atomic E-state index is 13.3. The predicted octanol–water partition coefficient (Wildman–Crippen LogP) is 5.65. The van der Waals surface area contributed by atoms with Crippen LogP contribution < -0.4 is 0 Å². The van der Waals surface area contributed by atoms with Gasteiger partial charge < -0.3 is 4.42 Å². The molecule has 0 bridgehead atoms. The standard InChI is InChI=1S/C14H7BrClFO/c15-10-3-1-2-8(4-10)13-6-9-5-12(17)11(16)7-14(9)18-13/h1-7H. The van der Waals surface area contributed by atoms with Crippen molar-refractivity contribution in [3.05, 3.63) is 57.8 Å². The zero-order chi connectivity index (χ0) is 12.7. The van der Waals surface area contributed by atoms with Gasteiger partial charge in [0.1, 0.15) is 17.2 Å². The third-order valence-electron chi connectivity index (χ3n) is 2.67. The minimum Gasteiger partial charge on any atom is -0.456 e. The lowest BCUT2D eigenvalue weighted by atomic mass is 10.1. The summed E-state index contributed by atoms with van der Waals surface area (Å²) in [5.74, 6) is 0.249. The lowest BCUT2D eigenvalue weighted by Gasteiger charge is -1.96. The van der Waals surface area contributed by atoms with Gasteiger partial charge in [-0.05, 0) is 24.3 Å². The summed E-state index contributed by atoms with van der Waals surface area (Å²) in [6.07, 6.45) is 0. The summed E-state index contributed by atoms with van der Waals surface area (Å²) in [5, 5.41) is 0.768. The topological polar surface area (TPSA) is 13.1 Å². The lowest BCUT2D eigenvalue weighted by Crippen LogP contribution is -1.74. The number of fused-ring (bicyclic) bond motifs is 1. The van der Waals surface area contributed by atoms with Gasteiger partial charge >= 0.3 is 0 Å². The summed E-state index contributed by atoms with van der Waals surface area (Å²) >= 11 is 9.13. The van der Waals surface area contributed by atoms with Gasteiger partial charge in [0, 0.05) is 21.5 Å². The molecule has 0 amide bonds. The van der Waals surface area contributed by atoms with Gasteiger partial charge in [0.05, 0.1) is 5.02 Å². The van der Waals surface area contributed by atoms with Crippen molar-refractivity contribution in [1.82, 2.24) is 0 Å². The van der Waals surface area contributed by atoms with Crippen LogP contribution in [0.4, 0.5) is 4.39 Å². The van der Waals surface area contributed by atoms with Crippen molar-refractivity contribution < 1.29 is 8.81 Å². The zero-order valence-electron chi connectivity index (χ0n) is 9.08. The van der Waals surface area contributed by atoms with Crippen LogP contribution in [-0.2, 0) is 0 Å². The van der Waals surface area contributed by atoms with Gasteiger partial charge in [-0.15, -0.1) is 0 Å². The SMILES string of the molecule is Fc1cc2cc(-c3cccc(Br)c3)oc2cc1Cl. The maximum atomic E-state index is 13.3. The Balaban J connectivity index is 2.19. The minimum absolute atomic E-state index is 0.0673. The Morgan fingerprint density at radius 3 is 2.72 bits per heavy atom. The first-order chi connectivity index (χ1) is 8.63. The molecule has 0 spiro atoms. The molecule has 0 radical (unpaired) electrons. The second-order valence-electron chi connectivity index (χ2n) is 3.93. The average molecular weight is 326 g/mol. The first kappa shape index (κ1) is 11.8. The number of hydrogen-bond donors (Lipinski definition) is 0. The first-order valence-electron chi connectivity index (χ1n) is 5.28. The first-order valence-corrected chi connectivity index (χ1v) is 6.45. The quantitative estimate of drug-likeness (QED) is 0.563. The van der Waals surface area contributed by atoms with Gasteiger partial charge in [-0.3, -0.25) is 0 Å². The summed E-state index contributed by atoms with van der Waals surface area (Å²) in [7, 11) is 0. The Morgan fingerprint density at radius 1 is 1.11 bits per heavy atom. The van der Waals surface area contributed by atoms with E-state index in [1.54, 1.807) is 6.07 Å². The van der Waals surface area contributed by atoms with Crippen LogP contribution in [0.25, 0.3) is 22.3 Å². The maximum Gasteiger partial charge on any atom is 0.142 e. The average Bonchev–Trinajstić information content (AvgIpc) is 2.73. The van der Waals surface area contributed by atoms with Crippen LogP contribution in [0.2, 0.25) is 5.02 Å². The van der Waals surface area contributed by atoms with Gasteiger partial charge in [-0.2, -0.15) is 0 Å². The largest absolute Gasteiger partial charge is 0.456 e. The van der Waals surface area contributed by atoms with E-state index in [9.17, 15) is 4.39 Å². The molecule has 0 unspecified atom stereocenters. The van der Waals surface area contributed by atoms with Gasteiger partial charge in [0.15, 0.2) is 0 Å². The Hall–Kier alpha value is -1.32. The van der Waals surface area contributed by atoms with Gasteiger partial charge in [0.2, 0.25) is 0 Å². The summed E-state index contributed by atoms with van der Waals surface area (Å²) < 4.78 is 20.0. The van der Waals surface area contributed by atoms with Crippen molar-refractivity contribution in [3.8, 4) is 11.3 Å². The Labute approximate surface area is 116 Å². The molecule has 0 atom stereocenters. The highest BCUT2D eigenvalue weighted by atomic mass is 79.9. The molecule has 0 aliphatic carbocycles. The molecule has 0 aliphatic heterocycles.